The molecule has 3 rings (SSSR count). The molecule has 0 bridgehead atoms. The summed E-state index contributed by atoms with van der Waals surface area (Å²) in [5, 5.41) is 4.64. The molecule has 0 spiro atoms. The first kappa shape index (κ1) is 12.6. The molecule has 20 heavy (non-hydrogen) atoms. The molecule has 1 N–H and O–H groups in total. The van der Waals surface area contributed by atoms with Crippen LogP contribution in [0.4, 0.5) is 5.82 Å². The van der Waals surface area contributed by atoms with Crippen molar-refractivity contribution in [3.05, 3.63) is 66.0 Å². The maximum Gasteiger partial charge on any atom is 0.130 e. The number of nitrogens with zero attached hydrogens (tertiary/aromatic N) is 2. The molecule has 3 heteroatoms. The molecule has 0 aliphatic rings. The van der Waals surface area contributed by atoms with E-state index in [-0.39, 0.29) is 6.04 Å². The van der Waals surface area contributed by atoms with Crippen LogP contribution in [0.5, 0.6) is 0 Å². The minimum Gasteiger partial charge on any atom is -0.363 e. The van der Waals surface area contributed by atoms with Gasteiger partial charge >= 0.3 is 0 Å². The third-order valence-corrected chi connectivity index (χ3v) is 3.45. The van der Waals surface area contributed by atoms with Crippen LogP contribution in [-0.4, -0.2) is 9.97 Å². The van der Waals surface area contributed by atoms with Gasteiger partial charge in [0.2, 0.25) is 0 Å². The fourth-order valence-corrected chi connectivity index (χ4v) is 2.29. The Kier molecular flexibility index (Phi) is 3.33. The second-order valence-corrected chi connectivity index (χ2v) is 5.00. The number of pyridine rings is 2. The van der Waals surface area contributed by atoms with Crippen LogP contribution in [-0.2, 0) is 0 Å². The maximum atomic E-state index is 4.71. The van der Waals surface area contributed by atoms with Gasteiger partial charge in [-0.15, -0.1) is 0 Å². The zero-order chi connectivity index (χ0) is 13.9. The number of anilines is 1. The topological polar surface area (TPSA) is 37.8 Å². The molecule has 0 fully saturated rings. The quantitative estimate of drug-likeness (QED) is 0.772. The van der Waals surface area contributed by atoms with Gasteiger partial charge in [-0.05, 0) is 43.2 Å². The van der Waals surface area contributed by atoms with Gasteiger partial charge in [0.1, 0.15) is 5.82 Å². The average molecular weight is 263 g/mol. The van der Waals surface area contributed by atoms with Crippen molar-refractivity contribution in [2.24, 2.45) is 0 Å². The number of nitrogens with one attached hydrogen (secondary N) is 1. The summed E-state index contributed by atoms with van der Waals surface area (Å²) in [7, 11) is 0. The highest BCUT2D eigenvalue weighted by atomic mass is 15.0. The second kappa shape index (κ2) is 5.29. The Bertz CT molecular complexity index is 723. The van der Waals surface area contributed by atoms with Gasteiger partial charge in [0.15, 0.2) is 0 Å². The molecular weight excluding hydrogens is 246 g/mol. The largest absolute Gasteiger partial charge is 0.363 e. The molecule has 1 unspecified atom stereocenters. The van der Waals surface area contributed by atoms with Gasteiger partial charge in [-0.2, -0.15) is 0 Å². The summed E-state index contributed by atoms with van der Waals surface area (Å²) in [5.41, 5.74) is 3.32. The number of hydrogen-bond donors (Lipinski definition) is 1. The Balaban J connectivity index is 1.92. The van der Waals surface area contributed by atoms with Crippen molar-refractivity contribution in [1.82, 2.24) is 9.97 Å². The Morgan fingerprint density at radius 2 is 1.95 bits per heavy atom. The van der Waals surface area contributed by atoms with E-state index < -0.39 is 0 Å². The molecule has 1 aromatic carbocycles. The lowest BCUT2D eigenvalue weighted by molar-refractivity contribution is 0.865. The molecule has 2 aromatic heterocycles. The van der Waals surface area contributed by atoms with Crippen LogP contribution in [0.15, 0.2) is 54.9 Å². The second-order valence-electron chi connectivity index (χ2n) is 5.00. The molecule has 2 heterocycles. The van der Waals surface area contributed by atoms with Gasteiger partial charge in [-0.3, -0.25) is 4.98 Å². The monoisotopic (exact) mass is 263 g/mol. The van der Waals surface area contributed by atoms with E-state index in [1.807, 2.05) is 30.5 Å². The summed E-state index contributed by atoms with van der Waals surface area (Å²) in [5.74, 6) is 0.931. The fraction of sp³-hybridized carbons (Fsp3) is 0.176. The number of para-hydroxylation sites is 1. The minimum atomic E-state index is 0.177. The van der Waals surface area contributed by atoms with E-state index in [0.29, 0.717) is 0 Å². The number of hydrogen-bond acceptors (Lipinski definition) is 3. The third-order valence-electron chi connectivity index (χ3n) is 3.45. The highest BCUT2D eigenvalue weighted by molar-refractivity contribution is 5.81. The summed E-state index contributed by atoms with van der Waals surface area (Å²) in [6.07, 6.45) is 3.67. The van der Waals surface area contributed by atoms with E-state index in [1.54, 1.807) is 6.20 Å². The molecule has 0 amide bonds. The van der Waals surface area contributed by atoms with Crippen LogP contribution in [0, 0.1) is 6.92 Å². The molecular formula is C17H17N3. The Morgan fingerprint density at radius 3 is 2.75 bits per heavy atom. The zero-order valence-electron chi connectivity index (χ0n) is 11.7. The first-order valence-corrected chi connectivity index (χ1v) is 6.77. The summed E-state index contributed by atoms with van der Waals surface area (Å²) in [4.78, 5) is 8.87. The van der Waals surface area contributed by atoms with Crippen LogP contribution in [0.25, 0.3) is 10.9 Å². The van der Waals surface area contributed by atoms with E-state index in [9.17, 15) is 0 Å². The smallest absolute Gasteiger partial charge is 0.130 e. The van der Waals surface area contributed by atoms with Crippen molar-refractivity contribution in [2.45, 2.75) is 19.9 Å². The molecule has 0 saturated carbocycles. The first-order chi connectivity index (χ1) is 9.74. The summed E-state index contributed by atoms with van der Waals surface area (Å²) in [6.45, 7) is 4.20. The molecule has 0 radical (unpaired) electrons. The van der Waals surface area contributed by atoms with Crippen LogP contribution >= 0.6 is 0 Å². The number of fused-ring (bicyclic) bond motifs is 1. The first-order valence-electron chi connectivity index (χ1n) is 6.77. The Hall–Kier alpha value is -2.42. The third kappa shape index (κ3) is 2.48. The molecule has 1 atom stereocenters. The molecule has 3 aromatic rings. The van der Waals surface area contributed by atoms with E-state index >= 15 is 0 Å². The summed E-state index contributed by atoms with van der Waals surface area (Å²) >= 11 is 0. The van der Waals surface area contributed by atoms with E-state index in [1.165, 1.54) is 5.39 Å². The maximum absolute atomic E-state index is 4.71. The summed E-state index contributed by atoms with van der Waals surface area (Å²) < 4.78 is 0. The standard InChI is InChI=1S/C17H17N3/c1-12-10-14-6-3-4-8-16(14)20-17(12)19-13(2)15-7-5-9-18-11-15/h3-11,13H,1-2H3,(H,19,20). The minimum absolute atomic E-state index is 0.177. The molecule has 0 aliphatic carbocycles. The Labute approximate surface area is 118 Å². The van der Waals surface area contributed by atoms with Crippen LogP contribution in [0.1, 0.15) is 24.1 Å². The normalized spacial score (nSPS) is 12.3. The number of benzene rings is 1. The van der Waals surface area contributed by atoms with Crippen molar-refractivity contribution in [3.8, 4) is 0 Å². The van der Waals surface area contributed by atoms with Crippen LogP contribution < -0.4 is 5.32 Å². The van der Waals surface area contributed by atoms with Gasteiger partial charge < -0.3 is 5.32 Å². The van der Waals surface area contributed by atoms with Crippen molar-refractivity contribution in [1.29, 1.82) is 0 Å². The Morgan fingerprint density at radius 1 is 1.10 bits per heavy atom. The van der Waals surface area contributed by atoms with Gasteiger partial charge in [0, 0.05) is 17.8 Å². The van der Waals surface area contributed by atoms with Gasteiger partial charge in [-0.25, -0.2) is 4.98 Å². The van der Waals surface area contributed by atoms with Crippen LogP contribution in [0.3, 0.4) is 0 Å². The molecule has 3 nitrogen and oxygen atoms in total. The molecule has 0 aliphatic heterocycles. The average Bonchev–Trinajstić information content (AvgIpc) is 2.49. The highest BCUT2D eigenvalue weighted by Gasteiger charge is 2.09. The zero-order valence-corrected chi connectivity index (χ0v) is 11.7. The van der Waals surface area contributed by atoms with E-state index in [0.717, 1.165) is 22.5 Å². The van der Waals surface area contributed by atoms with Gasteiger partial charge in [0.25, 0.3) is 0 Å². The van der Waals surface area contributed by atoms with E-state index in [4.69, 9.17) is 4.98 Å². The number of aryl methyl sites for hydroxylation is 1. The molecule has 0 saturated heterocycles. The lowest BCUT2D eigenvalue weighted by atomic mass is 10.1. The lowest BCUT2D eigenvalue weighted by Crippen LogP contribution is -2.09. The van der Waals surface area contributed by atoms with E-state index in [2.05, 4.69) is 42.3 Å². The van der Waals surface area contributed by atoms with Crippen molar-refractivity contribution < 1.29 is 0 Å². The number of aromatic nitrogens is 2. The summed E-state index contributed by atoms with van der Waals surface area (Å²) in [6, 6.07) is 14.5. The van der Waals surface area contributed by atoms with Crippen molar-refractivity contribution >= 4 is 16.7 Å². The predicted molar refractivity (Wildman–Crippen MR) is 82.8 cm³/mol. The molecule has 100 valence electrons. The number of rotatable bonds is 3. The van der Waals surface area contributed by atoms with Crippen molar-refractivity contribution in [3.63, 3.8) is 0 Å². The van der Waals surface area contributed by atoms with Gasteiger partial charge in [-0.1, -0.05) is 24.3 Å². The predicted octanol–water partition coefficient (Wildman–Crippen LogP) is 4.11. The van der Waals surface area contributed by atoms with Gasteiger partial charge in [0.05, 0.1) is 11.6 Å². The van der Waals surface area contributed by atoms with Crippen molar-refractivity contribution in [2.75, 3.05) is 5.32 Å². The SMILES string of the molecule is Cc1cc2ccccc2nc1NC(C)c1cccnc1. The highest BCUT2D eigenvalue weighted by Crippen LogP contribution is 2.23. The fourth-order valence-electron chi connectivity index (χ4n) is 2.29. The van der Waals surface area contributed by atoms with Crippen LogP contribution in [0.2, 0.25) is 0 Å². The lowest BCUT2D eigenvalue weighted by Gasteiger charge is -2.16.